The number of methoxy groups -OCH3 is 1. The number of carbonyl (C=O) groups excluding carboxylic acids is 1. The van der Waals surface area contributed by atoms with E-state index in [1.165, 1.54) is 23.3 Å². The largest absolute Gasteiger partial charge is 0.483 e. The van der Waals surface area contributed by atoms with Gasteiger partial charge in [0.25, 0.3) is 5.91 Å². The number of nitrogens with zero attached hydrogens (tertiary/aromatic N) is 3. The van der Waals surface area contributed by atoms with Gasteiger partial charge in [-0.25, -0.2) is 0 Å². The number of allylic oxidation sites excluding steroid dienone is 2. The van der Waals surface area contributed by atoms with E-state index in [1.807, 2.05) is 11.0 Å². The predicted octanol–water partition coefficient (Wildman–Crippen LogP) is 5.09. The molecule has 11 heteroatoms. The van der Waals surface area contributed by atoms with Crippen molar-refractivity contribution in [1.29, 1.82) is 0 Å². The lowest BCUT2D eigenvalue weighted by Crippen LogP contribution is -2.51. The van der Waals surface area contributed by atoms with Crippen LogP contribution in [-0.4, -0.2) is 85.4 Å². The fourth-order valence-electron chi connectivity index (χ4n) is 6.24. The molecular weight excluding hydrogens is 575 g/mol. The molecule has 2 aromatic rings. The second kappa shape index (κ2) is 12.8. The number of piperidine rings is 1. The lowest BCUT2D eigenvalue weighted by Gasteiger charge is -2.35. The Kier molecular flexibility index (Phi) is 8.93. The number of hydrogen-bond donors (Lipinski definition) is 2. The maximum absolute atomic E-state index is 13.4. The van der Waals surface area contributed by atoms with Crippen LogP contribution in [0.4, 0.5) is 18.9 Å². The molecule has 1 unspecified atom stereocenters. The molecule has 4 aliphatic heterocycles. The molecule has 0 spiro atoms. The van der Waals surface area contributed by atoms with Crippen LogP contribution in [-0.2, 0) is 22.3 Å². The number of hydrogen-bond acceptors (Lipinski definition) is 7. The molecule has 6 rings (SSSR count). The van der Waals surface area contributed by atoms with Crippen molar-refractivity contribution < 1.29 is 22.7 Å². The van der Waals surface area contributed by atoms with E-state index in [-0.39, 0.29) is 11.3 Å². The number of halogens is 3. The van der Waals surface area contributed by atoms with Crippen molar-refractivity contribution in [3.63, 3.8) is 0 Å². The van der Waals surface area contributed by atoms with E-state index in [9.17, 15) is 18.0 Å². The highest BCUT2D eigenvalue weighted by atomic mass is 32.2. The molecule has 0 aliphatic carbocycles. The van der Waals surface area contributed by atoms with Gasteiger partial charge in [0, 0.05) is 56.4 Å². The zero-order chi connectivity index (χ0) is 30.0. The highest BCUT2D eigenvalue weighted by molar-refractivity contribution is 8.01. The molecule has 7 nitrogen and oxygen atoms in total. The average Bonchev–Trinajstić information content (AvgIpc) is 3.45. The Bertz CT molecular complexity index is 1360. The monoisotopic (exact) mass is 613 g/mol. The average molecular weight is 614 g/mol. The zero-order valence-corrected chi connectivity index (χ0v) is 25.1. The number of alkyl halides is 3. The molecule has 4 heterocycles. The number of rotatable bonds is 7. The highest BCUT2D eigenvalue weighted by Gasteiger charge is 2.34. The summed E-state index contributed by atoms with van der Waals surface area (Å²) in [6.45, 7) is 7.11. The molecule has 2 aromatic carbocycles. The Labute approximate surface area is 255 Å². The molecule has 2 fully saturated rings. The lowest BCUT2D eigenvalue weighted by atomic mass is 9.89. The first-order valence-corrected chi connectivity index (χ1v) is 15.8. The minimum Gasteiger partial charge on any atom is -0.483 e. The number of thioether (sulfide) groups is 1. The molecule has 43 heavy (non-hydrogen) atoms. The molecule has 0 aromatic heterocycles. The Hall–Kier alpha value is -3.15. The number of anilines is 1. The third kappa shape index (κ3) is 7.16. The molecule has 1 atom stereocenters. The van der Waals surface area contributed by atoms with E-state index in [2.05, 4.69) is 44.7 Å². The van der Waals surface area contributed by atoms with Crippen LogP contribution in [0.5, 0.6) is 0 Å². The van der Waals surface area contributed by atoms with Crippen LogP contribution >= 0.6 is 11.8 Å². The van der Waals surface area contributed by atoms with Gasteiger partial charge in [0.15, 0.2) is 11.3 Å². The van der Waals surface area contributed by atoms with Crippen molar-refractivity contribution in [3.8, 4) is 0 Å². The molecule has 0 bridgehead atoms. The number of fused-ring (bicyclic) bond motifs is 1. The van der Waals surface area contributed by atoms with Crippen LogP contribution in [0.1, 0.15) is 35.4 Å². The van der Waals surface area contributed by atoms with Gasteiger partial charge in [-0.15, -0.1) is 0 Å². The van der Waals surface area contributed by atoms with E-state index in [1.54, 1.807) is 18.9 Å². The summed E-state index contributed by atoms with van der Waals surface area (Å²) in [4.78, 5) is 21.1. The van der Waals surface area contributed by atoms with E-state index < -0.39 is 11.7 Å². The Morgan fingerprint density at radius 1 is 0.953 bits per heavy atom. The highest BCUT2D eigenvalue weighted by Crippen LogP contribution is 2.42. The summed E-state index contributed by atoms with van der Waals surface area (Å²) in [6.07, 6.45) is 2.07. The van der Waals surface area contributed by atoms with Crippen molar-refractivity contribution in [2.24, 2.45) is 0 Å². The van der Waals surface area contributed by atoms with Gasteiger partial charge in [-0.1, -0.05) is 36.0 Å². The van der Waals surface area contributed by atoms with Gasteiger partial charge in [0.2, 0.25) is 0 Å². The predicted molar refractivity (Wildman–Crippen MR) is 163 cm³/mol. The fourth-order valence-corrected chi connectivity index (χ4v) is 7.39. The minimum absolute atomic E-state index is 0.0872. The topological polar surface area (TPSA) is 60.1 Å². The first kappa shape index (κ1) is 29.9. The summed E-state index contributed by atoms with van der Waals surface area (Å²) in [6, 6.07) is 11.9. The van der Waals surface area contributed by atoms with Gasteiger partial charge in [0.1, 0.15) is 0 Å². The molecule has 230 valence electrons. The van der Waals surface area contributed by atoms with Crippen LogP contribution in [0.25, 0.3) is 0 Å². The minimum atomic E-state index is -4.32. The summed E-state index contributed by atoms with van der Waals surface area (Å²) in [7, 11) is 1.68. The first-order chi connectivity index (χ1) is 20.7. The van der Waals surface area contributed by atoms with E-state index in [4.69, 9.17) is 4.74 Å². The second-order valence-corrected chi connectivity index (χ2v) is 12.8. The van der Waals surface area contributed by atoms with Crippen molar-refractivity contribution in [2.45, 2.75) is 41.7 Å². The van der Waals surface area contributed by atoms with Crippen LogP contribution in [0, 0.1) is 0 Å². The molecule has 2 N–H and O–H groups in total. The maximum Gasteiger partial charge on any atom is 0.416 e. The Morgan fingerprint density at radius 3 is 2.33 bits per heavy atom. The summed E-state index contributed by atoms with van der Waals surface area (Å²) in [5.41, 5.74) is 3.95. The number of benzene rings is 2. The van der Waals surface area contributed by atoms with Gasteiger partial charge >= 0.3 is 6.18 Å². The smallest absolute Gasteiger partial charge is 0.416 e. The third-order valence-electron chi connectivity index (χ3n) is 8.80. The summed E-state index contributed by atoms with van der Waals surface area (Å²) >= 11 is 1.60. The SMILES string of the molecule is COC1=CC=C(CN2CCC(c3ccc4c(c3)SC(C(=O)N3CCN(Cc5ccc(C(F)(F)F)cc5)CC3)N4)CC2)CN1. The number of nitrogens with one attached hydrogen (secondary N) is 2. The van der Waals surface area contributed by atoms with Crippen molar-refractivity contribution in [2.75, 3.05) is 64.8 Å². The van der Waals surface area contributed by atoms with E-state index >= 15 is 0 Å². The molecule has 2 saturated heterocycles. The Morgan fingerprint density at radius 2 is 1.67 bits per heavy atom. The fraction of sp³-hybridized carbons (Fsp3) is 0.469. The van der Waals surface area contributed by atoms with Gasteiger partial charge < -0.3 is 20.3 Å². The van der Waals surface area contributed by atoms with Crippen LogP contribution in [0.15, 0.2) is 71.0 Å². The number of carbonyl (C=O) groups is 1. The quantitative estimate of drug-likeness (QED) is 0.451. The molecule has 0 saturated carbocycles. The van der Waals surface area contributed by atoms with Crippen LogP contribution < -0.4 is 10.6 Å². The lowest BCUT2D eigenvalue weighted by molar-refractivity contribution is -0.137. The summed E-state index contributed by atoms with van der Waals surface area (Å²) in [5, 5.41) is 6.38. The Balaban J connectivity index is 0.962. The van der Waals surface area contributed by atoms with Gasteiger partial charge in [0.05, 0.1) is 12.7 Å². The molecule has 1 amide bonds. The zero-order valence-electron chi connectivity index (χ0n) is 24.3. The second-order valence-electron chi connectivity index (χ2n) is 11.7. The van der Waals surface area contributed by atoms with E-state index in [0.717, 1.165) is 73.2 Å². The van der Waals surface area contributed by atoms with Crippen molar-refractivity contribution in [3.05, 3.63) is 82.8 Å². The first-order valence-electron chi connectivity index (χ1n) is 14.9. The number of amides is 1. The third-order valence-corrected chi connectivity index (χ3v) is 9.95. The van der Waals surface area contributed by atoms with Gasteiger partial charge in [-0.3, -0.25) is 14.6 Å². The van der Waals surface area contributed by atoms with Crippen LogP contribution in [0.2, 0.25) is 0 Å². The molecular formula is C32H38F3N5O2S. The maximum atomic E-state index is 13.4. The van der Waals surface area contributed by atoms with Gasteiger partial charge in [-0.2, -0.15) is 13.2 Å². The molecule has 4 aliphatic rings. The van der Waals surface area contributed by atoms with E-state index in [0.29, 0.717) is 38.6 Å². The van der Waals surface area contributed by atoms with Crippen LogP contribution in [0.3, 0.4) is 0 Å². The number of dihydropyridines is 1. The number of ether oxygens (including phenoxy) is 1. The van der Waals surface area contributed by atoms with Crippen molar-refractivity contribution in [1.82, 2.24) is 20.0 Å². The number of piperazine rings is 1. The summed E-state index contributed by atoms with van der Waals surface area (Å²) < 4.78 is 43.8. The molecule has 0 radical (unpaired) electrons. The standard InChI is InChI=1S/C32H38F3N5O2S/c1-42-29-9-4-23(19-36-29)21-38-12-10-24(11-13-38)25-5-8-27-28(18-25)43-30(37-27)31(41)40-16-14-39(15-17-40)20-22-2-6-26(7-3-22)32(33,34)35/h2-9,18,24,30,36-37H,10-17,19-21H2,1H3. The number of likely N-dealkylation sites (tertiary alicyclic amines) is 1. The summed E-state index contributed by atoms with van der Waals surface area (Å²) in [5.74, 6) is 1.42. The van der Waals surface area contributed by atoms with Gasteiger partial charge in [-0.05, 0) is 78.9 Å². The van der Waals surface area contributed by atoms with Crippen molar-refractivity contribution >= 4 is 23.4 Å². The normalized spacial score (nSPS) is 21.9.